The van der Waals surface area contributed by atoms with Gasteiger partial charge in [0.25, 0.3) is 0 Å². The van der Waals surface area contributed by atoms with E-state index in [2.05, 4.69) is 0 Å². The Hall–Kier alpha value is -2.49. The van der Waals surface area contributed by atoms with E-state index in [0.717, 1.165) is 6.07 Å². The molecule has 0 spiro atoms. The molecule has 2 N–H and O–H groups in total. The fourth-order valence-electron chi connectivity index (χ4n) is 1.18. The van der Waals surface area contributed by atoms with Crippen LogP contribution in [0.3, 0.4) is 0 Å². The topological polar surface area (TPSA) is 93.0 Å². The zero-order valence-electron chi connectivity index (χ0n) is 8.70. The van der Waals surface area contributed by atoms with Crippen molar-refractivity contribution in [2.45, 2.75) is 6.92 Å². The van der Waals surface area contributed by atoms with Crippen molar-refractivity contribution in [3.63, 3.8) is 0 Å². The Morgan fingerprint density at radius 2 is 2.12 bits per heavy atom. The number of nitro groups is 1. The van der Waals surface area contributed by atoms with Gasteiger partial charge in [0, 0.05) is 6.07 Å². The van der Waals surface area contributed by atoms with Crippen LogP contribution in [0.15, 0.2) is 17.7 Å². The average Bonchev–Trinajstić information content (AvgIpc) is 2.27. The molecule has 0 aliphatic heterocycles. The molecule has 0 amide bonds. The number of nitrogens with zero attached hydrogens (tertiary/aromatic N) is 2. The molecule has 0 saturated heterocycles. The number of allylic oxidation sites excluding steroid dienone is 1. The maximum atomic E-state index is 13.6. The Kier molecular flexibility index (Phi) is 3.38. The number of hydrogen-bond acceptors (Lipinski definition) is 4. The Balaban J connectivity index is 3.61. The lowest BCUT2D eigenvalue weighted by Gasteiger charge is -2.06. The lowest BCUT2D eigenvalue weighted by molar-refractivity contribution is -0.387. The van der Waals surface area contributed by atoms with Gasteiger partial charge in [0.05, 0.1) is 27.8 Å². The predicted molar refractivity (Wildman–Crippen MR) is 55.4 cm³/mol. The fourth-order valence-corrected chi connectivity index (χ4v) is 1.18. The van der Waals surface area contributed by atoms with Gasteiger partial charge in [-0.25, -0.2) is 4.39 Å². The van der Waals surface area contributed by atoms with Crippen molar-refractivity contribution >= 4 is 11.4 Å². The zero-order chi connectivity index (χ0) is 13.2. The highest BCUT2D eigenvalue weighted by Crippen LogP contribution is 2.27. The monoisotopic (exact) mass is 239 g/mol. The minimum Gasteiger partial charge on any atom is -0.397 e. The van der Waals surface area contributed by atoms with Crippen LogP contribution in [0, 0.1) is 33.1 Å². The molecule has 1 rings (SSSR count). The van der Waals surface area contributed by atoms with Gasteiger partial charge in [-0.15, -0.1) is 0 Å². The molecule has 0 fully saturated rings. The first-order valence-electron chi connectivity index (χ1n) is 4.39. The van der Waals surface area contributed by atoms with Crippen LogP contribution in [0.4, 0.5) is 14.5 Å². The number of nitriles is 1. The van der Waals surface area contributed by atoms with Crippen LogP contribution < -0.4 is 5.73 Å². The van der Waals surface area contributed by atoms with E-state index in [9.17, 15) is 18.9 Å². The third-order valence-electron chi connectivity index (χ3n) is 2.11. The Bertz CT molecular complexity index is 561. The molecule has 0 saturated carbocycles. The first-order valence-corrected chi connectivity index (χ1v) is 4.39. The van der Waals surface area contributed by atoms with E-state index in [1.165, 1.54) is 6.92 Å². The zero-order valence-corrected chi connectivity index (χ0v) is 8.70. The second kappa shape index (κ2) is 4.57. The summed E-state index contributed by atoms with van der Waals surface area (Å²) in [5.41, 5.74) is 3.15. The fraction of sp³-hybridized carbons (Fsp3) is 0.100. The van der Waals surface area contributed by atoms with Crippen molar-refractivity contribution in [2.75, 3.05) is 0 Å². The van der Waals surface area contributed by atoms with E-state index in [0.29, 0.717) is 6.07 Å². The van der Waals surface area contributed by atoms with E-state index in [1.807, 2.05) is 0 Å². The summed E-state index contributed by atoms with van der Waals surface area (Å²) < 4.78 is 27.0. The minimum absolute atomic E-state index is 0.122. The summed E-state index contributed by atoms with van der Waals surface area (Å²) in [5.74, 6) is -2.44. The van der Waals surface area contributed by atoms with Crippen LogP contribution in [0.2, 0.25) is 0 Å². The maximum absolute atomic E-state index is 13.6. The molecule has 0 bridgehead atoms. The number of halogens is 2. The summed E-state index contributed by atoms with van der Waals surface area (Å²) in [6.07, 6.45) is 0. The van der Waals surface area contributed by atoms with Crippen molar-refractivity contribution in [1.82, 2.24) is 0 Å². The average molecular weight is 239 g/mol. The lowest BCUT2D eigenvalue weighted by atomic mass is 10.1. The summed E-state index contributed by atoms with van der Waals surface area (Å²) in [6.45, 7) is 1.26. The Morgan fingerprint density at radius 1 is 1.53 bits per heavy atom. The van der Waals surface area contributed by atoms with E-state index >= 15 is 0 Å². The third kappa shape index (κ3) is 2.20. The lowest BCUT2D eigenvalue weighted by Crippen LogP contribution is -2.07. The smallest absolute Gasteiger partial charge is 0.305 e. The van der Waals surface area contributed by atoms with Gasteiger partial charge in [0.15, 0.2) is 0 Å². The largest absolute Gasteiger partial charge is 0.397 e. The van der Waals surface area contributed by atoms with Gasteiger partial charge in [0.2, 0.25) is 5.82 Å². The van der Waals surface area contributed by atoms with E-state index in [-0.39, 0.29) is 5.57 Å². The number of benzene rings is 1. The van der Waals surface area contributed by atoms with E-state index < -0.39 is 33.5 Å². The number of rotatable bonds is 2. The van der Waals surface area contributed by atoms with Crippen molar-refractivity contribution < 1.29 is 13.7 Å². The van der Waals surface area contributed by atoms with Gasteiger partial charge >= 0.3 is 5.69 Å². The van der Waals surface area contributed by atoms with Crippen LogP contribution in [0.1, 0.15) is 12.5 Å². The predicted octanol–water partition coefficient (Wildman–Crippen LogP) is 2.09. The van der Waals surface area contributed by atoms with Gasteiger partial charge < -0.3 is 5.73 Å². The molecule has 0 atom stereocenters. The first kappa shape index (κ1) is 12.6. The van der Waals surface area contributed by atoms with Gasteiger partial charge in [-0.2, -0.15) is 9.65 Å². The molecule has 5 nitrogen and oxygen atoms in total. The first-order chi connectivity index (χ1) is 7.90. The molecule has 88 valence electrons. The molecule has 0 aliphatic rings. The van der Waals surface area contributed by atoms with Gasteiger partial charge in [0.1, 0.15) is 5.82 Å². The molecule has 1 aromatic rings. The molecular formula is C10H7F2N3O2. The normalized spacial score (nSPS) is 11.6. The molecule has 7 heteroatoms. The maximum Gasteiger partial charge on any atom is 0.305 e. The van der Waals surface area contributed by atoms with E-state index in [4.69, 9.17) is 11.0 Å². The third-order valence-corrected chi connectivity index (χ3v) is 2.11. The number of nitro benzene ring substituents is 1. The van der Waals surface area contributed by atoms with Gasteiger partial charge in [-0.05, 0) is 13.0 Å². The summed E-state index contributed by atoms with van der Waals surface area (Å²) >= 11 is 0. The van der Waals surface area contributed by atoms with Crippen LogP contribution in [-0.2, 0) is 0 Å². The summed E-state index contributed by atoms with van der Waals surface area (Å²) in [5, 5.41) is 19.0. The molecule has 0 heterocycles. The van der Waals surface area contributed by atoms with Crippen molar-refractivity contribution in [3.8, 4) is 6.07 Å². The highest BCUT2D eigenvalue weighted by Gasteiger charge is 2.23. The van der Waals surface area contributed by atoms with Crippen LogP contribution in [-0.4, -0.2) is 4.92 Å². The summed E-state index contributed by atoms with van der Waals surface area (Å²) in [4.78, 5) is 9.48. The SMILES string of the molecule is C/C(C#N)=C(/N)c1c(F)ccc([N+](=O)[O-])c1F. The van der Waals surface area contributed by atoms with Gasteiger partial charge in [-0.1, -0.05) is 0 Å². The highest BCUT2D eigenvalue weighted by atomic mass is 19.1. The molecule has 0 unspecified atom stereocenters. The van der Waals surface area contributed by atoms with Crippen LogP contribution in [0.5, 0.6) is 0 Å². The summed E-state index contributed by atoms with van der Waals surface area (Å²) in [6, 6.07) is 3.05. The second-order valence-corrected chi connectivity index (χ2v) is 3.16. The molecule has 0 radical (unpaired) electrons. The molecule has 0 aromatic heterocycles. The second-order valence-electron chi connectivity index (χ2n) is 3.16. The molecule has 17 heavy (non-hydrogen) atoms. The van der Waals surface area contributed by atoms with Crippen molar-refractivity contribution in [1.29, 1.82) is 5.26 Å². The Labute approximate surface area is 94.9 Å². The minimum atomic E-state index is -1.39. The van der Waals surface area contributed by atoms with E-state index in [1.54, 1.807) is 6.07 Å². The van der Waals surface area contributed by atoms with Crippen molar-refractivity contribution in [2.24, 2.45) is 5.73 Å². The molecule has 1 aromatic carbocycles. The standard InChI is InChI=1S/C10H7F2N3O2/c1-5(4-13)10(14)8-6(11)2-3-7(9(8)12)15(16)17/h2-3H,14H2,1H3/b10-5-. The number of nitrogens with two attached hydrogens (primary N) is 1. The van der Waals surface area contributed by atoms with Crippen molar-refractivity contribution in [3.05, 3.63) is 45.0 Å². The number of hydrogen-bond donors (Lipinski definition) is 1. The highest BCUT2D eigenvalue weighted by molar-refractivity contribution is 5.71. The van der Waals surface area contributed by atoms with Gasteiger partial charge in [-0.3, -0.25) is 10.1 Å². The molecular weight excluding hydrogens is 232 g/mol. The Morgan fingerprint density at radius 3 is 2.59 bits per heavy atom. The quantitative estimate of drug-likeness (QED) is 0.485. The van der Waals surface area contributed by atoms with Crippen LogP contribution in [0.25, 0.3) is 5.70 Å². The van der Waals surface area contributed by atoms with Crippen LogP contribution >= 0.6 is 0 Å². The summed E-state index contributed by atoms with van der Waals surface area (Å²) in [7, 11) is 0. The molecule has 0 aliphatic carbocycles.